The van der Waals surface area contributed by atoms with E-state index in [4.69, 9.17) is 42.0 Å². The quantitative estimate of drug-likeness (QED) is 0.146. The molecule has 0 fully saturated rings. The van der Waals surface area contributed by atoms with E-state index < -0.39 is 0 Å². The van der Waals surface area contributed by atoms with Crippen LogP contribution < -0.4 is 0 Å². The summed E-state index contributed by atoms with van der Waals surface area (Å²) in [4.78, 5) is 21.8. The third-order valence-electron chi connectivity index (χ3n) is 28.6. The third-order valence-corrected chi connectivity index (χ3v) is 28.6. The fourth-order valence-corrected chi connectivity index (χ4v) is 22.9. The summed E-state index contributed by atoms with van der Waals surface area (Å²) in [6.45, 7) is 6.31. The van der Waals surface area contributed by atoms with E-state index in [0.717, 1.165) is 226 Å². The van der Waals surface area contributed by atoms with Gasteiger partial charge in [0.05, 0.1) is 27.5 Å². The molecule has 0 saturated heterocycles. The Hall–Kier alpha value is -18.8. The topological polar surface area (TPSA) is 132 Å². The molecule has 21 aromatic carbocycles. The lowest BCUT2D eigenvalue weighted by Crippen LogP contribution is -2.03. The summed E-state index contributed by atoms with van der Waals surface area (Å²) in [5.74, 6) is 1.11. The van der Waals surface area contributed by atoms with Gasteiger partial charge in [0.25, 0.3) is 0 Å². The smallest absolute Gasteiger partial charge is 0.236 e. The van der Waals surface area contributed by atoms with Gasteiger partial charge in [-0.25, -0.2) is 19.9 Å². The van der Waals surface area contributed by atoms with Crippen LogP contribution in [0.3, 0.4) is 0 Å². The van der Waals surface area contributed by atoms with Crippen LogP contribution in [0.4, 0.5) is 0 Å². The minimum Gasteiger partial charge on any atom is -0.454 e. The monoisotopic (exact) mass is 1810 g/mol. The second kappa shape index (κ2) is 31.1. The van der Waals surface area contributed by atoms with Crippen molar-refractivity contribution in [3.8, 4) is 62.4 Å². The first-order valence-electron chi connectivity index (χ1n) is 47.8. The van der Waals surface area contributed by atoms with Gasteiger partial charge in [0.15, 0.2) is 27.9 Å². The lowest BCUT2D eigenvalue weighted by atomic mass is 9.95. The molecule has 0 amide bonds. The molecule has 0 unspecified atom stereocenters. The SMILES string of the molecule is C/C=C/c1ccc2c(c1)c1c3ccccc3c3c(oc4ccc5ccccc5c43)c1n2-c1ccccc1.Cc1cc(C)cc(-c2nc(-n3c4ccccc4c4c5ccccc5c5c6ccccc6oc5c43)nc3c2oc2ccc4ccccc4c23)c1.c1ccc(-c2cc(-c3ccccc3)cc(-c3nc(-n4c5ccccc5c5c6ccccc6c6c7ccccc7oc6c54)nc4c3oc3ccccc34)c2)cc1. The molecule has 0 aliphatic carbocycles. The first-order valence-corrected chi connectivity index (χ1v) is 47.8. The number of nitrogens with zero attached hydrogens (tertiary/aromatic N) is 7. The third kappa shape index (κ3) is 12.1. The Morgan fingerprint density at radius 3 is 1.11 bits per heavy atom. The Bertz CT molecular complexity index is 10700. The highest BCUT2D eigenvalue weighted by atomic mass is 16.3. The lowest BCUT2D eigenvalue weighted by Gasteiger charge is -2.13. The van der Waals surface area contributed by atoms with Gasteiger partial charge in [0.1, 0.15) is 61.4 Å². The van der Waals surface area contributed by atoms with Crippen LogP contribution in [0.5, 0.6) is 0 Å². The number of benzene rings is 21. The number of furan rings is 5. The van der Waals surface area contributed by atoms with E-state index in [9.17, 15) is 0 Å². The first kappa shape index (κ1) is 79.6. The van der Waals surface area contributed by atoms with Crippen LogP contribution >= 0.6 is 0 Å². The fraction of sp³-hybridized carbons (Fsp3) is 0.0233. The molecule has 0 bridgehead atoms. The lowest BCUT2D eigenvalue weighted by molar-refractivity contribution is 0.666. The summed E-state index contributed by atoms with van der Waals surface area (Å²) >= 11 is 0. The number of rotatable bonds is 8. The van der Waals surface area contributed by atoms with Crippen molar-refractivity contribution in [3.05, 3.63) is 435 Å². The number of allylic oxidation sites excluding steroid dienone is 1. The zero-order chi connectivity index (χ0) is 92.9. The molecule has 0 radical (unpaired) electrons. The molecule has 660 valence electrons. The van der Waals surface area contributed by atoms with E-state index in [1.807, 2.05) is 54.6 Å². The number of hydrogen-bond acceptors (Lipinski definition) is 9. The number of aromatic nitrogens is 7. The number of aryl methyl sites for hydroxylation is 2. The molecule has 0 spiro atoms. The van der Waals surface area contributed by atoms with E-state index in [1.165, 1.54) is 59.6 Å². The number of hydrogen-bond donors (Lipinski definition) is 0. The van der Waals surface area contributed by atoms with Gasteiger partial charge in [-0.15, -0.1) is 0 Å². The highest BCUT2D eigenvalue weighted by molar-refractivity contribution is 6.40. The van der Waals surface area contributed by atoms with E-state index in [2.05, 4.69) is 405 Å². The van der Waals surface area contributed by atoms with Crippen LogP contribution in [0.2, 0.25) is 0 Å². The van der Waals surface area contributed by atoms with Crippen molar-refractivity contribution < 1.29 is 22.1 Å². The van der Waals surface area contributed by atoms with Gasteiger partial charge in [-0.05, 0) is 206 Å². The molecule has 10 heterocycles. The van der Waals surface area contributed by atoms with E-state index in [0.29, 0.717) is 23.1 Å². The first-order chi connectivity index (χ1) is 69.7. The van der Waals surface area contributed by atoms with Gasteiger partial charge >= 0.3 is 0 Å². The van der Waals surface area contributed by atoms with Crippen molar-refractivity contribution in [2.75, 3.05) is 0 Å². The zero-order valence-electron chi connectivity index (χ0n) is 76.6. The van der Waals surface area contributed by atoms with Gasteiger partial charge in [-0.2, -0.15) is 0 Å². The molecule has 141 heavy (non-hydrogen) atoms. The molecule has 31 rings (SSSR count). The Balaban J connectivity index is 0.000000103. The van der Waals surface area contributed by atoms with E-state index >= 15 is 0 Å². The summed E-state index contributed by atoms with van der Waals surface area (Å²) in [6.07, 6.45) is 4.26. The number of para-hydroxylation sites is 6. The molecule has 0 N–H and O–H groups in total. The minimum atomic E-state index is 0.545. The molecule has 0 aliphatic heterocycles. The average molecular weight is 1810 g/mol. The summed E-state index contributed by atoms with van der Waals surface area (Å²) in [5, 5.41) is 27.4. The normalized spacial score (nSPS) is 12.2. The van der Waals surface area contributed by atoms with Gasteiger partial charge in [-0.1, -0.05) is 333 Å². The molecular weight excluding hydrogens is 1730 g/mol. The minimum absolute atomic E-state index is 0.545. The fourth-order valence-electron chi connectivity index (χ4n) is 22.9. The van der Waals surface area contributed by atoms with Crippen molar-refractivity contribution in [2.24, 2.45) is 0 Å². The second-order valence-corrected chi connectivity index (χ2v) is 36.9. The number of fused-ring (bicyclic) bond motifs is 40. The summed E-state index contributed by atoms with van der Waals surface area (Å²) in [5.41, 5.74) is 28.3. The van der Waals surface area contributed by atoms with Crippen LogP contribution in [0, 0.1) is 13.8 Å². The standard InChI is InChI=1S/C50H29N3O2.C44H27N3O2.C35H23NO/c1-3-15-30(16-4-1)32-27-33(31-17-5-2-6-18-31)29-34(28-32)45-49-46(39-23-11-14-26-42(39)55-49)52-50(51-45)53-40-24-12-9-21-37(40)43-35-19-7-8-20-36(35)44-38-22-10-13-25-41(38)54-48(44)47(43)53;1-24-21-25(2)23-27(22-24)39-43-40(38-28-12-4-3-11-26(28)19-20-35(38)49-43)46-44(45-39)47-33-17-9-7-15-31(33)36-29-13-5-6-14-30(29)37-32-16-8-10-18-34(32)48-42(37)41(36)47;1-2-10-22-17-19-29-28(21-22)31-26-15-8-9-16-27(26)33-32-25-14-7-6-11-23(25)18-20-30(32)37-35(33)34(31)36(29)24-12-4-3-5-13-24/h1-29H;3-23H,1-2H3;2-21H,1H3/b;;10-2+. The van der Waals surface area contributed by atoms with Crippen molar-refractivity contribution in [3.63, 3.8) is 0 Å². The van der Waals surface area contributed by atoms with Gasteiger partial charge in [-0.3, -0.25) is 9.13 Å². The highest BCUT2D eigenvalue weighted by Crippen LogP contribution is 2.53. The van der Waals surface area contributed by atoms with Crippen LogP contribution in [0.25, 0.3) is 298 Å². The van der Waals surface area contributed by atoms with Crippen LogP contribution in [-0.4, -0.2) is 33.6 Å². The Kier molecular flexibility index (Phi) is 17.6. The largest absolute Gasteiger partial charge is 0.454 e. The predicted octanol–water partition coefficient (Wildman–Crippen LogP) is 35.5. The molecule has 0 atom stereocenters. The molecule has 0 saturated carbocycles. The summed E-state index contributed by atoms with van der Waals surface area (Å²) < 4.78 is 40.7. The van der Waals surface area contributed by atoms with Crippen LogP contribution in [0.1, 0.15) is 23.6 Å². The van der Waals surface area contributed by atoms with Crippen molar-refractivity contribution >= 4 is 235 Å². The van der Waals surface area contributed by atoms with Gasteiger partial charge < -0.3 is 26.7 Å². The maximum atomic E-state index is 6.86. The molecule has 31 aromatic rings. The van der Waals surface area contributed by atoms with Crippen molar-refractivity contribution in [1.82, 2.24) is 33.6 Å². The predicted molar refractivity (Wildman–Crippen MR) is 583 cm³/mol. The zero-order valence-corrected chi connectivity index (χ0v) is 76.6. The molecule has 10 aromatic heterocycles. The maximum absolute atomic E-state index is 6.86. The van der Waals surface area contributed by atoms with Crippen LogP contribution in [-0.2, 0) is 0 Å². The van der Waals surface area contributed by atoms with Gasteiger partial charge in [0.2, 0.25) is 11.9 Å². The summed E-state index contributed by atoms with van der Waals surface area (Å²) in [6, 6.07) is 145. The van der Waals surface area contributed by atoms with Crippen LogP contribution in [0.15, 0.2) is 441 Å². The van der Waals surface area contributed by atoms with E-state index in [1.54, 1.807) is 0 Å². The Morgan fingerprint density at radius 1 is 0.220 bits per heavy atom. The van der Waals surface area contributed by atoms with Crippen molar-refractivity contribution in [1.29, 1.82) is 0 Å². The molecule has 12 heteroatoms. The van der Waals surface area contributed by atoms with Gasteiger partial charge in [0, 0.05) is 86.8 Å². The maximum Gasteiger partial charge on any atom is 0.236 e. The Labute approximate surface area is 804 Å². The summed E-state index contributed by atoms with van der Waals surface area (Å²) in [7, 11) is 0. The molecule has 12 nitrogen and oxygen atoms in total. The second-order valence-electron chi connectivity index (χ2n) is 36.9. The molecular formula is C129H79N7O5. The highest BCUT2D eigenvalue weighted by Gasteiger charge is 2.32. The van der Waals surface area contributed by atoms with E-state index in [-0.39, 0.29) is 0 Å². The molecule has 0 aliphatic rings. The van der Waals surface area contributed by atoms with Crippen molar-refractivity contribution in [2.45, 2.75) is 20.8 Å². The average Bonchev–Trinajstić information content (AvgIpc) is 1.54. The Morgan fingerprint density at radius 2 is 0.582 bits per heavy atom.